The number of esters is 1. The molecule has 0 spiro atoms. The summed E-state index contributed by atoms with van der Waals surface area (Å²) in [4.78, 5) is 30.1. The molecule has 8 heteroatoms. The molecule has 0 fully saturated rings. The fraction of sp³-hybridized carbons (Fsp3) is 0.154. The number of para-hydroxylation sites is 1. The molecule has 0 saturated carbocycles. The highest BCUT2D eigenvalue weighted by Gasteiger charge is 2.18. The Morgan fingerprint density at radius 3 is 2.62 bits per heavy atom. The normalized spacial score (nSPS) is 12.1. The summed E-state index contributed by atoms with van der Waals surface area (Å²) in [7, 11) is 0. The highest BCUT2D eigenvalue weighted by atomic mass is 79.9. The van der Waals surface area contributed by atoms with Crippen LogP contribution in [-0.4, -0.2) is 34.6 Å². The zero-order valence-corrected chi connectivity index (χ0v) is 20.2. The number of ether oxygens (including phenoxy) is 2. The summed E-state index contributed by atoms with van der Waals surface area (Å²) in [6.45, 7) is 3.62. The van der Waals surface area contributed by atoms with Crippen LogP contribution in [0, 0.1) is 0 Å². The molecule has 0 N–H and O–H groups in total. The number of nitrogens with zero attached hydrogens (tertiary/aromatic N) is 3. The van der Waals surface area contributed by atoms with Gasteiger partial charge in [-0.15, -0.1) is 0 Å². The van der Waals surface area contributed by atoms with Gasteiger partial charge in [0.1, 0.15) is 5.75 Å². The molecule has 4 rings (SSSR count). The van der Waals surface area contributed by atoms with Crippen molar-refractivity contribution in [3.8, 4) is 17.1 Å². The second-order valence-electron chi connectivity index (χ2n) is 7.37. The van der Waals surface area contributed by atoms with Gasteiger partial charge in [-0.25, -0.2) is 9.78 Å². The van der Waals surface area contributed by atoms with Gasteiger partial charge in [0.2, 0.25) is 0 Å². The van der Waals surface area contributed by atoms with E-state index in [4.69, 9.17) is 14.5 Å². The Bertz CT molecular complexity index is 1420. The van der Waals surface area contributed by atoms with E-state index in [9.17, 15) is 9.59 Å². The maximum atomic E-state index is 13.3. The van der Waals surface area contributed by atoms with E-state index in [0.717, 1.165) is 10.0 Å². The van der Waals surface area contributed by atoms with Crippen LogP contribution in [0.3, 0.4) is 0 Å². The zero-order valence-electron chi connectivity index (χ0n) is 18.6. The smallest absolute Gasteiger partial charge is 0.347 e. The van der Waals surface area contributed by atoms with E-state index >= 15 is 0 Å². The average molecular weight is 520 g/mol. The Morgan fingerprint density at radius 2 is 1.85 bits per heavy atom. The summed E-state index contributed by atoms with van der Waals surface area (Å²) >= 11 is 3.45. The molecule has 0 unspecified atom stereocenters. The number of fused-ring (bicyclic) bond motifs is 1. The summed E-state index contributed by atoms with van der Waals surface area (Å²) in [6.07, 6.45) is 0.709. The van der Waals surface area contributed by atoms with Gasteiger partial charge in [0, 0.05) is 15.6 Å². The van der Waals surface area contributed by atoms with Crippen molar-refractivity contribution in [1.82, 2.24) is 9.66 Å². The van der Waals surface area contributed by atoms with Crippen LogP contribution in [0.25, 0.3) is 22.3 Å². The lowest BCUT2D eigenvalue weighted by molar-refractivity contribution is -0.150. The Kier molecular flexibility index (Phi) is 7.18. The van der Waals surface area contributed by atoms with Crippen molar-refractivity contribution in [2.45, 2.75) is 20.0 Å². The van der Waals surface area contributed by atoms with E-state index < -0.39 is 12.1 Å². The number of hydrogen-bond donors (Lipinski definition) is 0. The van der Waals surface area contributed by atoms with Crippen LogP contribution in [-0.2, 0) is 9.53 Å². The number of benzene rings is 3. The van der Waals surface area contributed by atoms with Crippen molar-refractivity contribution in [2.75, 3.05) is 6.61 Å². The predicted molar refractivity (Wildman–Crippen MR) is 135 cm³/mol. The van der Waals surface area contributed by atoms with Gasteiger partial charge in [0.25, 0.3) is 5.56 Å². The quantitative estimate of drug-likeness (QED) is 0.252. The monoisotopic (exact) mass is 519 g/mol. The van der Waals surface area contributed by atoms with E-state index in [-0.39, 0.29) is 12.2 Å². The first-order valence-electron chi connectivity index (χ1n) is 10.7. The van der Waals surface area contributed by atoms with Gasteiger partial charge in [-0.3, -0.25) is 4.79 Å². The fourth-order valence-electron chi connectivity index (χ4n) is 3.35. The van der Waals surface area contributed by atoms with Gasteiger partial charge in [-0.1, -0.05) is 58.4 Å². The number of carbonyl (C=O) groups excluding carboxylic acids is 1. The SMILES string of the molecule is CCOC(=O)[C@@H](C)Oc1ccc(Br)cc1C=Nn1c(-c2ccccc2)nc2ccccc2c1=O. The molecule has 0 aliphatic rings. The first kappa shape index (κ1) is 23.4. The molecule has 7 nitrogen and oxygen atoms in total. The largest absolute Gasteiger partial charge is 0.478 e. The topological polar surface area (TPSA) is 82.8 Å². The first-order chi connectivity index (χ1) is 16.5. The van der Waals surface area contributed by atoms with Gasteiger partial charge in [0.05, 0.1) is 23.7 Å². The van der Waals surface area contributed by atoms with Crippen LogP contribution < -0.4 is 10.3 Å². The molecule has 3 aromatic carbocycles. The van der Waals surface area contributed by atoms with Gasteiger partial charge < -0.3 is 9.47 Å². The minimum Gasteiger partial charge on any atom is -0.478 e. The van der Waals surface area contributed by atoms with Crippen LogP contribution in [0.4, 0.5) is 0 Å². The van der Waals surface area contributed by atoms with Gasteiger partial charge in [-0.2, -0.15) is 9.78 Å². The highest BCUT2D eigenvalue weighted by molar-refractivity contribution is 9.10. The molecule has 0 aliphatic heterocycles. The summed E-state index contributed by atoms with van der Waals surface area (Å²) < 4.78 is 12.9. The van der Waals surface area contributed by atoms with Gasteiger partial charge in [-0.05, 0) is 44.2 Å². The van der Waals surface area contributed by atoms with Gasteiger partial charge in [0.15, 0.2) is 11.9 Å². The average Bonchev–Trinajstić information content (AvgIpc) is 2.85. The van der Waals surface area contributed by atoms with Crippen LogP contribution in [0.1, 0.15) is 19.4 Å². The van der Waals surface area contributed by atoms with Crippen molar-refractivity contribution < 1.29 is 14.3 Å². The van der Waals surface area contributed by atoms with Crippen LogP contribution in [0.15, 0.2) is 87.2 Å². The highest BCUT2D eigenvalue weighted by Crippen LogP contribution is 2.24. The van der Waals surface area contributed by atoms with E-state index in [1.807, 2.05) is 36.4 Å². The molecule has 0 radical (unpaired) electrons. The third-order valence-corrected chi connectivity index (χ3v) is 5.49. The molecular weight excluding hydrogens is 498 g/mol. The van der Waals surface area contributed by atoms with Crippen LogP contribution >= 0.6 is 15.9 Å². The molecule has 1 heterocycles. The summed E-state index contributed by atoms with van der Waals surface area (Å²) in [6, 6.07) is 21.9. The molecule has 0 aliphatic carbocycles. The third-order valence-electron chi connectivity index (χ3n) is 4.99. The Labute approximate surface area is 204 Å². The second-order valence-corrected chi connectivity index (χ2v) is 8.29. The first-order valence-corrected chi connectivity index (χ1v) is 11.5. The fourth-order valence-corrected chi connectivity index (χ4v) is 3.73. The standard InChI is InChI=1S/C26H22BrN3O4/c1-3-33-26(32)17(2)34-23-14-13-20(27)15-19(23)16-28-30-24(18-9-5-4-6-10-18)29-22-12-8-7-11-21(22)25(30)31/h4-17H,3H2,1-2H3/t17-/m1/s1. The maximum Gasteiger partial charge on any atom is 0.347 e. The van der Waals surface area contributed by atoms with Crippen molar-refractivity contribution in [1.29, 1.82) is 0 Å². The number of rotatable bonds is 7. The number of hydrogen-bond acceptors (Lipinski definition) is 6. The molecule has 0 amide bonds. The second kappa shape index (κ2) is 10.4. The number of carbonyl (C=O) groups is 1. The van der Waals surface area contributed by atoms with E-state index in [1.54, 1.807) is 50.2 Å². The van der Waals surface area contributed by atoms with E-state index in [1.165, 1.54) is 10.9 Å². The summed E-state index contributed by atoms with van der Waals surface area (Å²) in [5, 5.41) is 4.95. The molecule has 0 saturated heterocycles. The molecule has 1 atom stereocenters. The molecule has 4 aromatic rings. The van der Waals surface area contributed by atoms with Crippen molar-refractivity contribution in [2.24, 2.45) is 5.10 Å². The van der Waals surface area contributed by atoms with Crippen LogP contribution in [0.2, 0.25) is 0 Å². The lowest BCUT2D eigenvalue weighted by atomic mass is 10.2. The van der Waals surface area contributed by atoms with E-state index in [2.05, 4.69) is 21.0 Å². The third kappa shape index (κ3) is 5.07. The molecular formula is C26H22BrN3O4. The predicted octanol–water partition coefficient (Wildman–Crippen LogP) is 5.04. The zero-order chi connectivity index (χ0) is 24.1. The molecule has 1 aromatic heterocycles. The number of aromatic nitrogens is 2. The van der Waals surface area contributed by atoms with Crippen molar-refractivity contribution >= 4 is 39.0 Å². The van der Waals surface area contributed by atoms with Gasteiger partial charge >= 0.3 is 5.97 Å². The minimum atomic E-state index is -0.807. The molecule has 34 heavy (non-hydrogen) atoms. The van der Waals surface area contributed by atoms with Crippen molar-refractivity contribution in [3.63, 3.8) is 0 Å². The minimum absolute atomic E-state index is 0.265. The lowest BCUT2D eigenvalue weighted by Gasteiger charge is -2.15. The summed E-state index contributed by atoms with van der Waals surface area (Å²) in [5.74, 6) is 0.378. The molecule has 172 valence electrons. The van der Waals surface area contributed by atoms with Crippen LogP contribution in [0.5, 0.6) is 5.75 Å². The molecule has 0 bridgehead atoms. The van der Waals surface area contributed by atoms with E-state index in [0.29, 0.717) is 28.0 Å². The van der Waals surface area contributed by atoms with Crippen molar-refractivity contribution in [3.05, 3.63) is 93.2 Å². The number of halogens is 1. The maximum absolute atomic E-state index is 13.3. The Morgan fingerprint density at radius 1 is 1.12 bits per heavy atom. The Balaban J connectivity index is 1.80. The lowest BCUT2D eigenvalue weighted by Crippen LogP contribution is -2.26. The Hall–Kier alpha value is -3.78. The summed E-state index contributed by atoms with van der Waals surface area (Å²) in [5.41, 5.74) is 1.62.